The highest BCUT2D eigenvalue weighted by Crippen LogP contribution is 2.28. The van der Waals surface area contributed by atoms with Crippen LogP contribution in [-0.4, -0.2) is 21.5 Å². The van der Waals surface area contributed by atoms with Gasteiger partial charge in [0, 0.05) is 11.8 Å². The van der Waals surface area contributed by atoms with Crippen LogP contribution < -0.4 is 10.1 Å². The highest BCUT2D eigenvalue weighted by Gasteiger charge is 2.17. The van der Waals surface area contributed by atoms with Gasteiger partial charge in [-0.2, -0.15) is 4.98 Å². The van der Waals surface area contributed by atoms with Gasteiger partial charge in [-0.3, -0.25) is 10.1 Å². The number of hydrogen-bond donors (Lipinski definition) is 1. The minimum Gasteiger partial charge on any atom is -0.491 e. The molecule has 0 bridgehead atoms. The summed E-state index contributed by atoms with van der Waals surface area (Å²) in [6.07, 6.45) is 0.975. The van der Waals surface area contributed by atoms with Crippen molar-refractivity contribution in [1.82, 2.24) is 9.97 Å². The van der Waals surface area contributed by atoms with Gasteiger partial charge in [-0.25, -0.2) is 9.37 Å². The summed E-state index contributed by atoms with van der Waals surface area (Å²) in [5.41, 5.74) is -0.0949. The Morgan fingerprint density at radius 3 is 2.90 bits per heavy atom. The van der Waals surface area contributed by atoms with Gasteiger partial charge in [0.1, 0.15) is 6.20 Å². The monoisotopic (exact) mass is 312 g/mol. The van der Waals surface area contributed by atoms with Crippen LogP contribution >= 0.6 is 11.6 Å². The van der Waals surface area contributed by atoms with E-state index >= 15 is 0 Å². The van der Waals surface area contributed by atoms with Crippen LogP contribution in [0.3, 0.4) is 0 Å². The van der Waals surface area contributed by atoms with E-state index in [4.69, 9.17) is 16.3 Å². The molecule has 1 N–H and O–H groups in total. The Labute approximate surface area is 123 Å². The van der Waals surface area contributed by atoms with Crippen molar-refractivity contribution in [3.63, 3.8) is 0 Å². The van der Waals surface area contributed by atoms with Crippen LogP contribution in [0.5, 0.6) is 5.75 Å². The van der Waals surface area contributed by atoms with E-state index in [1.165, 1.54) is 12.1 Å². The molecular formula is C12H10ClFN4O3. The molecule has 0 amide bonds. The number of nitro groups is 1. The predicted molar refractivity (Wildman–Crippen MR) is 74.5 cm³/mol. The third kappa shape index (κ3) is 3.54. The van der Waals surface area contributed by atoms with Crippen molar-refractivity contribution >= 4 is 28.8 Å². The number of anilines is 2. The van der Waals surface area contributed by atoms with Crippen molar-refractivity contribution in [2.24, 2.45) is 0 Å². The summed E-state index contributed by atoms with van der Waals surface area (Å²) in [5.74, 6) is -0.619. The van der Waals surface area contributed by atoms with Gasteiger partial charge in [-0.15, -0.1) is 0 Å². The third-order valence-electron chi connectivity index (χ3n) is 2.43. The maximum atomic E-state index is 13.7. The number of halogens is 2. The van der Waals surface area contributed by atoms with Crippen LogP contribution in [-0.2, 0) is 0 Å². The van der Waals surface area contributed by atoms with E-state index < -0.39 is 10.7 Å². The maximum absolute atomic E-state index is 13.7. The van der Waals surface area contributed by atoms with Gasteiger partial charge in [0.05, 0.1) is 11.5 Å². The van der Waals surface area contributed by atoms with Gasteiger partial charge in [0.2, 0.25) is 11.1 Å². The molecule has 2 rings (SSSR count). The van der Waals surface area contributed by atoms with Gasteiger partial charge in [0.15, 0.2) is 11.6 Å². The van der Waals surface area contributed by atoms with E-state index in [9.17, 15) is 14.5 Å². The molecule has 0 spiro atoms. The van der Waals surface area contributed by atoms with E-state index in [0.717, 1.165) is 12.3 Å². The van der Waals surface area contributed by atoms with Crippen molar-refractivity contribution in [3.05, 3.63) is 45.6 Å². The van der Waals surface area contributed by atoms with Crippen LogP contribution in [0.25, 0.3) is 0 Å². The van der Waals surface area contributed by atoms with Gasteiger partial charge in [-0.05, 0) is 30.7 Å². The van der Waals surface area contributed by atoms with E-state index in [1.54, 1.807) is 6.92 Å². The second kappa shape index (κ2) is 6.31. The van der Waals surface area contributed by atoms with Crippen LogP contribution in [0.2, 0.25) is 5.28 Å². The molecule has 0 aliphatic heterocycles. The fourth-order valence-electron chi connectivity index (χ4n) is 1.57. The Morgan fingerprint density at radius 1 is 1.52 bits per heavy atom. The molecule has 9 heteroatoms. The average Bonchev–Trinajstić information content (AvgIpc) is 2.42. The quantitative estimate of drug-likeness (QED) is 0.517. The fourth-order valence-corrected chi connectivity index (χ4v) is 1.70. The van der Waals surface area contributed by atoms with E-state index in [0.29, 0.717) is 6.61 Å². The van der Waals surface area contributed by atoms with Gasteiger partial charge >= 0.3 is 5.69 Å². The van der Waals surface area contributed by atoms with Crippen molar-refractivity contribution in [2.45, 2.75) is 6.92 Å². The zero-order valence-electron chi connectivity index (χ0n) is 10.8. The molecule has 2 aromatic rings. The summed E-state index contributed by atoms with van der Waals surface area (Å²) in [5, 5.41) is 13.4. The lowest BCUT2D eigenvalue weighted by Gasteiger charge is -2.09. The minimum absolute atomic E-state index is 0.0956. The summed E-state index contributed by atoms with van der Waals surface area (Å²) in [6, 6.07) is 4.06. The van der Waals surface area contributed by atoms with Gasteiger partial charge in [-0.1, -0.05) is 0 Å². The molecule has 0 radical (unpaired) electrons. The lowest BCUT2D eigenvalue weighted by Crippen LogP contribution is -2.02. The number of nitrogens with zero attached hydrogens (tertiary/aromatic N) is 3. The van der Waals surface area contributed by atoms with Crippen molar-refractivity contribution in [2.75, 3.05) is 11.9 Å². The number of benzene rings is 1. The fraction of sp³-hybridized carbons (Fsp3) is 0.167. The Morgan fingerprint density at radius 2 is 2.29 bits per heavy atom. The molecule has 0 saturated carbocycles. The van der Waals surface area contributed by atoms with Crippen LogP contribution in [0.15, 0.2) is 24.4 Å². The van der Waals surface area contributed by atoms with E-state index in [2.05, 4.69) is 15.3 Å². The third-order valence-corrected chi connectivity index (χ3v) is 2.61. The average molecular weight is 313 g/mol. The number of hydrogen-bond acceptors (Lipinski definition) is 6. The summed E-state index contributed by atoms with van der Waals surface area (Å²) in [4.78, 5) is 17.5. The van der Waals surface area contributed by atoms with Crippen LogP contribution in [0, 0.1) is 15.9 Å². The molecule has 0 atom stereocenters. The summed E-state index contributed by atoms with van der Waals surface area (Å²) in [6.45, 7) is 2.06. The molecule has 1 heterocycles. The van der Waals surface area contributed by atoms with Gasteiger partial charge in [0.25, 0.3) is 0 Å². The normalized spacial score (nSPS) is 10.2. The SMILES string of the molecule is CCOc1ccc(Nc2nc(Cl)ncc2[N+](=O)[O-])cc1F. The Kier molecular flexibility index (Phi) is 4.49. The molecule has 0 saturated heterocycles. The number of aromatic nitrogens is 2. The van der Waals surface area contributed by atoms with Crippen molar-refractivity contribution < 1.29 is 14.1 Å². The molecule has 110 valence electrons. The Balaban J connectivity index is 2.32. The largest absolute Gasteiger partial charge is 0.491 e. The topological polar surface area (TPSA) is 90.2 Å². The van der Waals surface area contributed by atoms with E-state index in [-0.39, 0.29) is 28.2 Å². The van der Waals surface area contributed by atoms with Crippen LogP contribution in [0.1, 0.15) is 6.92 Å². The zero-order valence-corrected chi connectivity index (χ0v) is 11.6. The molecule has 0 aliphatic rings. The lowest BCUT2D eigenvalue weighted by molar-refractivity contribution is -0.384. The summed E-state index contributed by atoms with van der Waals surface area (Å²) < 4.78 is 18.8. The molecule has 0 unspecified atom stereocenters. The minimum atomic E-state index is -0.663. The smallest absolute Gasteiger partial charge is 0.329 e. The first-order valence-electron chi connectivity index (χ1n) is 5.87. The highest BCUT2D eigenvalue weighted by molar-refractivity contribution is 6.28. The first-order chi connectivity index (χ1) is 10.0. The van der Waals surface area contributed by atoms with Crippen LogP contribution in [0.4, 0.5) is 21.6 Å². The Hall–Kier alpha value is -2.48. The molecule has 0 aliphatic carbocycles. The molecular weight excluding hydrogens is 303 g/mol. The Bertz CT molecular complexity index is 684. The number of ether oxygens (including phenoxy) is 1. The number of rotatable bonds is 5. The zero-order chi connectivity index (χ0) is 15.4. The van der Waals surface area contributed by atoms with Crippen molar-refractivity contribution in [1.29, 1.82) is 0 Å². The number of nitrogens with one attached hydrogen (secondary N) is 1. The second-order valence-electron chi connectivity index (χ2n) is 3.83. The highest BCUT2D eigenvalue weighted by atomic mass is 35.5. The summed E-state index contributed by atoms with van der Waals surface area (Å²) in [7, 11) is 0. The second-order valence-corrected chi connectivity index (χ2v) is 4.17. The predicted octanol–water partition coefficient (Wildman–Crippen LogP) is 3.32. The maximum Gasteiger partial charge on any atom is 0.329 e. The molecule has 1 aromatic heterocycles. The summed E-state index contributed by atoms with van der Waals surface area (Å²) >= 11 is 5.61. The molecule has 1 aromatic carbocycles. The van der Waals surface area contributed by atoms with Gasteiger partial charge < -0.3 is 10.1 Å². The lowest BCUT2D eigenvalue weighted by atomic mass is 10.3. The standard InChI is InChI=1S/C12H10ClFN4O3/c1-2-21-10-4-3-7(5-8(10)14)16-11-9(18(19)20)6-15-12(13)17-11/h3-6H,2H2,1H3,(H,15,16,17). The molecule has 0 fully saturated rings. The first-order valence-corrected chi connectivity index (χ1v) is 6.25. The molecule has 21 heavy (non-hydrogen) atoms. The van der Waals surface area contributed by atoms with Crippen molar-refractivity contribution in [3.8, 4) is 5.75 Å². The molecule has 7 nitrogen and oxygen atoms in total. The first kappa shape index (κ1) is 14.9. The van der Waals surface area contributed by atoms with E-state index in [1.807, 2.05) is 0 Å².